The van der Waals surface area contributed by atoms with E-state index < -0.39 is 0 Å². The van der Waals surface area contributed by atoms with Crippen LogP contribution in [0.3, 0.4) is 0 Å². The molecule has 2 saturated heterocycles. The highest BCUT2D eigenvalue weighted by Gasteiger charge is 2.27. The number of hydrogen-bond donors (Lipinski definition) is 3. The number of piperazine rings is 1. The van der Waals surface area contributed by atoms with Crippen molar-refractivity contribution >= 4 is 44.0 Å². The molecule has 2 fully saturated rings. The molecule has 2 aliphatic heterocycles. The largest absolute Gasteiger partial charge is 0.381 e. The number of aromatic amines is 2. The molecule has 2 atom stereocenters. The maximum Gasteiger partial charge on any atom is 0.261 e. The third-order valence-electron chi connectivity index (χ3n) is 7.61. The van der Waals surface area contributed by atoms with Crippen molar-refractivity contribution in [1.29, 1.82) is 0 Å². The van der Waals surface area contributed by atoms with E-state index >= 15 is 0 Å². The Labute approximate surface area is 208 Å². The van der Waals surface area contributed by atoms with E-state index in [1.807, 2.05) is 11.4 Å². The summed E-state index contributed by atoms with van der Waals surface area (Å²) in [5.74, 6) is 0.600. The van der Waals surface area contributed by atoms with Gasteiger partial charge in [-0.15, -0.1) is 11.3 Å². The zero-order valence-corrected chi connectivity index (χ0v) is 21.2. The maximum absolute atomic E-state index is 13.3. The van der Waals surface area contributed by atoms with Crippen molar-refractivity contribution in [2.45, 2.75) is 44.8 Å². The van der Waals surface area contributed by atoms with E-state index in [1.54, 1.807) is 11.3 Å². The molecule has 0 radical (unpaired) electrons. The molecule has 3 N–H and O–H groups in total. The number of ether oxygens (including phenoxy) is 1. The number of fused-ring (bicyclic) bond motifs is 2. The Bertz CT molecular complexity index is 1410. The molecule has 184 valence electrons. The van der Waals surface area contributed by atoms with Crippen molar-refractivity contribution < 1.29 is 4.74 Å². The van der Waals surface area contributed by atoms with Crippen LogP contribution in [0.5, 0.6) is 0 Å². The van der Waals surface area contributed by atoms with E-state index in [9.17, 15) is 4.79 Å². The molecule has 0 bridgehead atoms. The van der Waals surface area contributed by atoms with Crippen LogP contribution in [0.25, 0.3) is 32.6 Å². The molecule has 9 heteroatoms. The first kappa shape index (κ1) is 22.6. The number of rotatable bonds is 4. The van der Waals surface area contributed by atoms with Crippen LogP contribution in [0, 0.1) is 0 Å². The van der Waals surface area contributed by atoms with Crippen molar-refractivity contribution in [3.63, 3.8) is 0 Å². The molecule has 0 aliphatic carbocycles. The fourth-order valence-corrected chi connectivity index (χ4v) is 6.22. The van der Waals surface area contributed by atoms with Crippen LogP contribution >= 0.6 is 11.3 Å². The summed E-state index contributed by atoms with van der Waals surface area (Å²) in [4.78, 5) is 29.6. The SMILES string of the molecule is CC1CN(c2ccc3nc(-c4c(NC5CCOCC5)c5sccc5[nH]c4=O)[nH]c3c2)CC(C)N1C. The van der Waals surface area contributed by atoms with Gasteiger partial charge in [-0.3, -0.25) is 9.69 Å². The maximum atomic E-state index is 13.3. The van der Waals surface area contributed by atoms with Crippen molar-refractivity contribution in [2.75, 3.05) is 43.6 Å². The van der Waals surface area contributed by atoms with E-state index in [0.29, 0.717) is 23.5 Å². The van der Waals surface area contributed by atoms with Crippen LogP contribution in [0.4, 0.5) is 11.4 Å². The quantitative estimate of drug-likeness (QED) is 0.395. The van der Waals surface area contributed by atoms with Crippen LogP contribution in [-0.2, 0) is 4.74 Å². The first-order valence-electron chi connectivity index (χ1n) is 12.4. The number of thiophene rings is 1. The fraction of sp³-hybridized carbons (Fsp3) is 0.462. The Hall–Kier alpha value is -2.88. The van der Waals surface area contributed by atoms with Gasteiger partial charge >= 0.3 is 0 Å². The van der Waals surface area contributed by atoms with Gasteiger partial charge in [-0.05, 0) is 63.4 Å². The molecule has 35 heavy (non-hydrogen) atoms. The number of benzene rings is 1. The Kier molecular flexibility index (Phi) is 5.78. The van der Waals surface area contributed by atoms with E-state index in [1.165, 1.54) is 5.69 Å². The number of aromatic nitrogens is 3. The lowest BCUT2D eigenvalue weighted by Crippen LogP contribution is -2.55. The molecule has 8 nitrogen and oxygen atoms in total. The van der Waals surface area contributed by atoms with E-state index in [-0.39, 0.29) is 11.6 Å². The first-order valence-corrected chi connectivity index (χ1v) is 13.3. The lowest BCUT2D eigenvalue weighted by Gasteiger charge is -2.43. The van der Waals surface area contributed by atoms with Crippen LogP contribution < -0.4 is 15.8 Å². The molecule has 0 spiro atoms. The Morgan fingerprint density at radius 3 is 2.63 bits per heavy atom. The summed E-state index contributed by atoms with van der Waals surface area (Å²) in [6, 6.07) is 9.58. The topological polar surface area (TPSA) is 89.3 Å². The minimum absolute atomic E-state index is 0.133. The van der Waals surface area contributed by atoms with Gasteiger partial charge in [-0.25, -0.2) is 4.98 Å². The first-order chi connectivity index (χ1) is 17.0. The number of hydrogen-bond acceptors (Lipinski definition) is 7. The molecule has 2 aliphatic rings. The highest BCUT2D eigenvalue weighted by atomic mass is 32.1. The van der Waals surface area contributed by atoms with Crippen molar-refractivity contribution in [3.8, 4) is 11.4 Å². The predicted octanol–water partition coefficient (Wildman–Crippen LogP) is 4.25. The van der Waals surface area contributed by atoms with Gasteiger partial charge in [-0.1, -0.05) is 0 Å². The van der Waals surface area contributed by atoms with Crippen LogP contribution in [0.2, 0.25) is 0 Å². The molecule has 0 amide bonds. The zero-order valence-electron chi connectivity index (χ0n) is 20.4. The molecule has 2 unspecified atom stereocenters. The normalized spacial score (nSPS) is 22.3. The Balaban J connectivity index is 1.40. The monoisotopic (exact) mass is 492 g/mol. The van der Waals surface area contributed by atoms with Crippen molar-refractivity contribution in [3.05, 3.63) is 40.0 Å². The summed E-state index contributed by atoms with van der Waals surface area (Å²) in [6.45, 7) is 7.99. The number of nitrogens with one attached hydrogen (secondary N) is 3. The van der Waals surface area contributed by atoms with Gasteiger partial charge in [0.1, 0.15) is 11.4 Å². The minimum atomic E-state index is -0.133. The van der Waals surface area contributed by atoms with Gasteiger partial charge < -0.3 is 24.9 Å². The van der Waals surface area contributed by atoms with E-state index in [4.69, 9.17) is 9.72 Å². The Morgan fingerprint density at radius 1 is 1.09 bits per heavy atom. The second-order valence-electron chi connectivity index (χ2n) is 9.95. The molecule has 5 heterocycles. The van der Waals surface area contributed by atoms with Gasteiger partial charge in [0, 0.05) is 50.1 Å². The second-order valence-corrected chi connectivity index (χ2v) is 10.9. The molecule has 3 aromatic heterocycles. The van der Waals surface area contributed by atoms with E-state index in [2.05, 4.69) is 64.2 Å². The summed E-state index contributed by atoms with van der Waals surface area (Å²) < 4.78 is 6.59. The van der Waals surface area contributed by atoms with E-state index in [0.717, 1.165) is 66.1 Å². The van der Waals surface area contributed by atoms with Gasteiger partial charge in [0.05, 0.1) is 26.9 Å². The van der Waals surface area contributed by atoms with Crippen LogP contribution in [0.15, 0.2) is 34.4 Å². The lowest BCUT2D eigenvalue weighted by atomic mass is 10.1. The number of anilines is 2. The van der Waals surface area contributed by atoms with Gasteiger partial charge in [0.2, 0.25) is 0 Å². The number of H-pyrrole nitrogens is 2. The Morgan fingerprint density at radius 2 is 1.86 bits per heavy atom. The molecule has 0 saturated carbocycles. The van der Waals surface area contributed by atoms with Crippen LogP contribution in [-0.4, -0.2) is 71.3 Å². The number of imidazole rings is 1. The number of nitrogens with zero attached hydrogens (tertiary/aromatic N) is 3. The second kappa shape index (κ2) is 8.96. The highest BCUT2D eigenvalue weighted by molar-refractivity contribution is 7.17. The molecular formula is C26H32N6O2S. The third-order valence-corrected chi connectivity index (χ3v) is 8.55. The van der Waals surface area contributed by atoms with Crippen molar-refractivity contribution in [1.82, 2.24) is 19.9 Å². The standard InChI is InChI=1S/C26H32N6O2S/c1-15-13-32(14-16(2)31(15)3)18-4-5-19-21(12-18)29-25(28-19)22-23(27-17-6-9-34-10-7-17)24-20(8-11-35-24)30-26(22)33/h4-5,8,11-12,15-17H,6-7,9-10,13-14H2,1-3H3,(H,28,29)(H2,27,30,33). The highest BCUT2D eigenvalue weighted by Crippen LogP contribution is 2.35. The molecular weight excluding hydrogens is 460 g/mol. The van der Waals surface area contributed by atoms with Gasteiger partial charge in [-0.2, -0.15) is 0 Å². The molecule has 4 aromatic rings. The van der Waals surface area contributed by atoms with Crippen molar-refractivity contribution in [2.24, 2.45) is 0 Å². The summed E-state index contributed by atoms with van der Waals surface area (Å²) >= 11 is 1.63. The fourth-order valence-electron chi connectivity index (χ4n) is 5.35. The molecule has 1 aromatic carbocycles. The average molecular weight is 493 g/mol. The van der Waals surface area contributed by atoms with Gasteiger partial charge in [0.15, 0.2) is 0 Å². The summed E-state index contributed by atoms with van der Waals surface area (Å²) in [7, 11) is 2.20. The summed E-state index contributed by atoms with van der Waals surface area (Å²) in [5, 5.41) is 5.69. The number of pyridine rings is 1. The van der Waals surface area contributed by atoms with Crippen LogP contribution in [0.1, 0.15) is 26.7 Å². The lowest BCUT2D eigenvalue weighted by molar-refractivity contribution is 0.0905. The zero-order chi connectivity index (χ0) is 24.1. The van der Waals surface area contributed by atoms with Gasteiger partial charge in [0.25, 0.3) is 5.56 Å². The summed E-state index contributed by atoms with van der Waals surface area (Å²) in [5.41, 5.74) is 5.16. The minimum Gasteiger partial charge on any atom is -0.381 e. The molecule has 6 rings (SSSR count). The summed E-state index contributed by atoms with van der Waals surface area (Å²) in [6.07, 6.45) is 1.84. The predicted molar refractivity (Wildman–Crippen MR) is 144 cm³/mol. The average Bonchev–Trinajstić information content (AvgIpc) is 3.49. The number of likely N-dealkylation sites (N-methyl/N-ethyl adjacent to an activating group) is 1. The smallest absolute Gasteiger partial charge is 0.261 e. The third kappa shape index (κ3) is 4.11.